The van der Waals surface area contributed by atoms with Gasteiger partial charge in [0, 0.05) is 26.5 Å². The summed E-state index contributed by atoms with van der Waals surface area (Å²) in [7, 11) is 4.06. The fourth-order valence-corrected chi connectivity index (χ4v) is 2.91. The minimum absolute atomic E-state index is 0.834. The lowest BCUT2D eigenvalue weighted by Crippen LogP contribution is -1.96. The van der Waals surface area contributed by atoms with Crippen LogP contribution in [0.5, 0.6) is 0 Å². The second kappa shape index (κ2) is 4.49. The first-order chi connectivity index (χ1) is 8.75. The van der Waals surface area contributed by atoms with Gasteiger partial charge in [0.25, 0.3) is 0 Å². The van der Waals surface area contributed by atoms with Crippen molar-refractivity contribution in [1.29, 1.82) is 0 Å². The predicted octanol–water partition coefficient (Wildman–Crippen LogP) is 2.60. The number of aromatic nitrogens is 4. The highest BCUT2D eigenvalue weighted by atomic mass is 32.2. The lowest BCUT2D eigenvalue weighted by molar-refractivity contribution is 0.808. The van der Waals surface area contributed by atoms with Crippen molar-refractivity contribution in [2.24, 2.45) is 14.1 Å². The average molecular weight is 258 g/mol. The molecular formula is C13H14N4S. The molecule has 5 heteroatoms. The molecule has 0 atom stereocenters. The van der Waals surface area contributed by atoms with E-state index in [1.807, 2.05) is 42.2 Å². The molecule has 0 saturated heterocycles. The van der Waals surface area contributed by atoms with E-state index in [-0.39, 0.29) is 0 Å². The molecule has 3 rings (SSSR count). The molecule has 1 aromatic carbocycles. The summed E-state index contributed by atoms with van der Waals surface area (Å²) < 4.78 is 4.17. The first kappa shape index (κ1) is 11.3. The van der Waals surface area contributed by atoms with E-state index < -0.39 is 0 Å². The monoisotopic (exact) mass is 258 g/mol. The van der Waals surface area contributed by atoms with Crippen LogP contribution in [0.2, 0.25) is 0 Å². The summed E-state index contributed by atoms with van der Waals surface area (Å²) in [5.41, 5.74) is 2.21. The number of nitrogens with zero attached hydrogens (tertiary/aromatic N) is 4. The topological polar surface area (TPSA) is 35.6 Å². The van der Waals surface area contributed by atoms with Gasteiger partial charge in [0.2, 0.25) is 0 Å². The second-order valence-electron chi connectivity index (χ2n) is 4.19. The van der Waals surface area contributed by atoms with Crippen LogP contribution in [-0.4, -0.2) is 19.1 Å². The maximum Gasteiger partial charge on any atom is 0.169 e. The van der Waals surface area contributed by atoms with E-state index in [9.17, 15) is 0 Å². The van der Waals surface area contributed by atoms with E-state index in [1.54, 1.807) is 11.8 Å². The molecule has 4 nitrogen and oxygen atoms in total. The molecule has 18 heavy (non-hydrogen) atoms. The molecular weight excluding hydrogens is 244 g/mol. The molecule has 0 amide bonds. The molecule has 2 heterocycles. The van der Waals surface area contributed by atoms with E-state index in [0.29, 0.717) is 0 Å². The van der Waals surface area contributed by atoms with Crippen molar-refractivity contribution >= 4 is 22.8 Å². The zero-order valence-corrected chi connectivity index (χ0v) is 11.2. The van der Waals surface area contributed by atoms with Crippen LogP contribution in [0.3, 0.4) is 0 Å². The number of fused-ring (bicyclic) bond motifs is 1. The summed E-state index contributed by atoms with van der Waals surface area (Å²) in [5, 5.41) is 1.03. The minimum atomic E-state index is 0.834. The SMILES string of the molecule is Cn1ccnc1CSc1nc2ccccc2n1C. The molecule has 0 unspecified atom stereocenters. The van der Waals surface area contributed by atoms with E-state index in [1.165, 1.54) is 5.52 Å². The third kappa shape index (κ3) is 1.90. The number of rotatable bonds is 3. The van der Waals surface area contributed by atoms with Gasteiger partial charge in [-0.2, -0.15) is 0 Å². The second-order valence-corrected chi connectivity index (χ2v) is 5.13. The fourth-order valence-electron chi connectivity index (χ4n) is 1.92. The van der Waals surface area contributed by atoms with Gasteiger partial charge in [-0.1, -0.05) is 23.9 Å². The van der Waals surface area contributed by atoms with Gasteiger partial charge in [0.1, 0.15) is 5.82 Å². The van der Waals surface area contributed by atoms with Gasteiger partial charge in [-0.25, -0.2) is 9.97 Å². The van der Waals surface area contributed by atoms with Gasteiger partial charge in [0.15, 0.2) is 5.16 Å². The van der Waals surface area contributed by atoms with Crippen LogP contribution in [0.15, 0.2) is 41.8 Å². The van der Waals surface area contributed by atoms with Crippen LogP contribution >= 0.6 is 11.8 Å². The number of para-hydroxylation sites is 2. The lowest BCUT2D eigenvalue weighted by atomic mass is 10.3. The molecule has 2 aromatic heterocycles. The molecule has 92 valence electrons. The van der Waals surface area contributed by atoms with Crippen molar-refractivity contribution in [3.05, 3.63) is 42.5 Å². The van der Waals surface area contributed by atoms with Crippen LogP contribution in [-0.2, 0) is 19.8 Å². The molecule has 0 N–H and O–H groups in total. The van der Waals surface area contributed by atoms with E-state index in [0.717, 1.165) is 22.3 Å². The Morgan fingerprint density at radius 2 is 2.06 bits per heavy atom. The Morgan fingerprint density at radius 3 is 2.78 bits per heavy atom. The summed E-state index contributed by atoms with van der Waals surface area (Å²) in [4.78, 5) is 8.95. The van der Waals surface area contributed by atoms with Crippen LogP contribution in [0.4, 0.5) is 0 Å². The smallest absolute Gasteiger partial charge is 0.169 e. The van der Waals surface area contributed by atoms with Crippen LogP contribution in [0.25, 0.3) is 11.0 Å². The van der Waals surface area contributed by atoms with Gasteiger partial charge in [0.05, 0.1) is 16.8 Å². The molecule has 0 aliphatic carbocycles. The molecule has 0 fully saturated rings. The highest BCUT2D eigenvalue weighted by molar-refractivity contribution is 7.98. The molecule has 0 saturated carbocycles. The van der Waals surface area contributed by atoms with Crippen LogP contribution < -0.4 is 0 Å². The predicted molar refractivity (Wildman–Crippen MR) is 73.5 cm³/mol. The molecule has 0 radical (unpaired) electrons. The fraction of sp³-hybridized carbons (Fsp3) is 0.231. The molecule has 0 aliphatic heterocycles. The molecule has 0 aliphatic rings. The van der Waals surface area contributed by atoms with Crippen LogP contribution in [0, 0.1) is 0 Å². The highest BCUT2D eigenvalue weighted by Crippen LogP contribution is 2.24. The van der Waals surface area contributed by atoms with E-state index in [2.05, 4.69) is 27.6 Å². The number of thioether (sulfide) groups is 1. The summed E-state index contributed by atoms with van der Waals surface area (Å²) in [6, 6.07) is 8.19. The van der Waals surface area contributed by atoms with Gasteiger partial charge in [-0.15, -0.1) is 0 Å². The molecule has 0 bridgehead atoms. The number of aryl methyl sites for hydroxylation is 2. The minimum Gasteiger partial charge on any atom is -0.337 e. The maximum atomic E-state index is 4.63. The molecule has 3 aromatic rings. The highest BCUT2D eigenvalue weighted by Gasteiger charge is 2.08. The van der Waals surface area contributed by atoms with Gasteiger partial charge in [-0.3, -0.25) is 0 Å². The van der Waals surface area contributed by atoms with Crippen molar-refractivity contribution in [2.45, 2.75) is 10.9 Å². The Kier molecular flexibility index (Phi) is 2.83. The lowest BCUT2D eigenvalue weighted by Gasteiger charge is -2.02. The summed E-state index contributed by atoms with van der Waals surface area (Å²) >= 11 is 1.71. The standard InChI is InChI=1S/C13H14N4S/c1-16-8-7-14-12(16)9-18-13-15-10-5-3-4-6-11(10)17(13)2/h3-8H,9H2,1-2H3. The van der Waals surface area contributed by atoms with Gasteiger partial charge in [-0.05, 0) is 12.1 Å². The van der Waals surface area contributed by atoms with Crippen molar-refractivity contribution in [1.82, 2.24) is 19.1 Å². The Hall–Kier alpha value is -1.75. The van der Waals surface area contributed by atoms with Crippen molar-refractivity contribution in [3.8, 4) is 0 Å². The Balaban J connectivity index is 1.87. The Bertz CT molecular complexity index is 683. The van der Waals surface area contributed by atoms with Crippen molar-refractivity contribution in [2.75, 3.05) is 0 Å². The maximum absolute atomic E-state index is 4.63. The zero-order chi connectivity index (χ0) is 12.5. The Morgan fingerprint density at radius 1 is 1.22 bits per heavy atom. The third-order valence-corrected chi connectivity index (χ3v) is 4.02. The number of imidazole rings is 2. The molecule has 0 spiro atoms. The van der Waals surface area contributed by atoms with E-state index in [4.69, 9.17) is 0 Å². The number of hydrogen-bond acceptors (Lipinski definition) is 3. The summed E-state index contributed by atoms with van der Waals surface area (Å²) in [6.07, 6.45) is 3.79. The first-order valence-corrected chi connectivity index (χ1v) is 6.75. The largest absolute Gasteiger partial charge is 0.337 e. The first-order valence-electron chi connectivity index (χ1n) is 5.76. The van der Waals surface area contributed by atoms with Crippen molar-refractivity contribution in [3.63, 3.8) is 0 Å². The quantitative estimate of drug-likeness (QED) is 0.677. The summed E-state index contributed by atoms with van der Waals surface area (Å²) in [6.45, 7) is 0. The van der Waals surface area contributed by atoms with Gasteiger partial charge >= 0.3 is 0 Å². The average Bonchev–Trinajstić information content (AvgIpc) is 2.92. The zero-order valence-electron chi connectivity index (χ0n) is 10.4. The number of hydrogen-bond donors (Lipinski definition) is 0. The van der Waals surface area contributed by atoms with Crippen molar-refractivity contribution < 1.29 is 0 Å². The van der Waals surface area contributed by atoms with Gasteiger partial charge < -0.3 is 9.13 Å². The normalized spacial score (nSPS) is 11.2. The summed E-state index contributed by atoms with van der Waals surface area (Å²) in [5.74, 6) is 1.90. The Labute approximate surface area is 110 Å². The van der Waals surface area contributed by atoms with Crippen LogP contribution in [0.1, 0.15) is 5.82 Å². The number of benzene rings is 1. The third-order valence-electron chi connectivity index (χ3n) is 3.00. The van der Waals surface area contributed by atoms with E-state index >= 15 is 0 Å².